The number of carbonyl (C=O) groups is 1. The van der Waals surface area contributed by atoms with Crippen molar-refractivity contribution in [2.24, 2.45) is 0 Å². The number of nitrogens with one attached hydrogen (secondary N) is 2. The van der Waals surface area contributed by atoms with Crippen molar-refractivity contribution in [2.45, 2.75) is 36.5 Å². The van der Waals surface area contributed by atoms with Gasteiger partial charge in [-0.25, -0.2) is 0 Å². The molecule has 1 aliphatic heterocycles. The highest BCUT2D eigenvalue weighted by molar-refractivity contribution is 8.00. The van der Waals surface area contributed by atoms with Crippen LogP contribution in [0.15, 0.2) is 23.1 Å². The summed E-state index contributed by atoms with van der Waals surface area (Å²) in [5.41, 5.74) is 0.815. The molecule has 116 valence electrons. The van der Waals surface area contributed by atoms with Crippen molar-refractivity contribution in [2.75, 3.05) is 23.4 Å². The summed E-state index contributed by atoms with van der Waals surface area (Å²) in [6, 6.07) is 5.93. The maximum Gasteiger partial charge on any atom is 0.226 e. The molecule has 1 aromatic carbocycles. The molecule has 2 N–H and O–H groups in total. The molecule has 0 spiro atoms. The minimum atomic E-state index is 0.0443. The summed E-state index contributed by atoms with van der Waals surface area (Å²) >= 11 is 9.68. The summed E-state index contributed by atoms with van der Waals surface area (Å²) in [5, 5.41) is 7.49. The van der Waals surface area contributed by atoms with E-state index in [1.165, 1.54) is 0 Å². The molecule has 1 fully saturated rings. The molecule has 0 aliphatic carbocycles. The van der Waals surface area contributed by atoms with Gasteiger partial charge in [-0.05, 0) is 18.2 Å². The van der Waals surface area contributed by atoms with Crippen LogP contribution in [0.1, 0.15) is 20.3 Å². The van der Waals surface area contributed by atoms with Gasteiger partial charge in [-0.2, -0.15) is 11.8 Å². The first kappa shape index (κ1) is 17.0. The monoisotopic (exact) mass is 344 g/mol. The molecule has 1 saturated heterocycles. The van der Waals surface area contributed by atoms with E-state index in [1.807, 2.05) is 30.0 Å². The molecular formula is C15H21ClN2OS2. The molecule has 0 radical (unpaired) electrons. The predicted octanol–water partition coefficient (Wildman–Crippen LogP) is 3.87. The second-order valence-corrected chi connectivity index (χ2v) is 8.49. The van der Waals surface area contributed by atoms with Gasteiger partial charge in [-0.3, -0.25) is 4.79 Å². The van der Waals surface area contributed by atoms with Crippen LogP contribution in [-0.2, 0) is 4.79 Å². The van der Waals surface area contributed by atoms with Crippen LogP contribution in [0.2, 0.25) is 5.02 Å². The number of halogens is 1. The number of rotatable bonds is 5. The summed E-state index contributed by atoms with van der Waals surface area (Å²) in [4.78, 5) is 13.3. The Morgan fingerprint density at radius 2 is 2.38 bits per heavy atom. The first-order valence-electron chi connectivity index (χ1n) is 7.12. The lowest BCUT2D eigenvalue weighted by atomic mass is 10.2. The van der Waals surface area contributed by atoms with E-state index in [1.54, 1.807) is 11.8 Å². The quantitative estimate of drug-likeness (QED) is 0.795. The van der Waals surface area contributed by atoms with E-state index in [0.717, 1.165) is 28.6 Å². The normalized spacial score (nSPS) is 18.8. The van der Waals surface area contributed by atoms with Gasteiger partial charge < -0.3 is 10.6 Å². The Hall–Kier alpha value is -0.360. The van der Waals surface area contributed by atoms with Gasteiger partial charge >= 0.3 is 0 Å². The molecule has 0 saturated carbocycles. The fourth-order valence-electron chi connectivity index (χ4n) is 2.13. The van der Waals surface area contributed by atoms with E-state index in [-0.39, 0.29) is 11.9 Å². The summed E-state index contributed by atoms with van der Waals surface area (Å²) in [7, 11) is 0. The average molecular weight is 345 g/mol. The van der Waals surface area contributed by atoms with E-state index in [4.69, 9.17) is 11.6 Å². The lowest BCUT2D eigenvalue weighted by Gasteiger charge is -2.22. The summed E-state index contributed by atoms with van der Waals surface area (Å²) in [5.74, 6) is 2.17. The van der Waals surface area contributed by atoms with Crippen molar-refractivity contribution in [3.63, 3.8) is 0 Å². The molecule has 1 atom stereocenters. The number of amides is 1. The topological polar surface area (TPSA) is 41.1 Å². The Morgan fingerprint density at radius 1 is 1.57 bits per heavy atom. The lowest BCUT2D eigenvalue weighted by Crippen LogP contribution is -2.39. The molecule has 21 heavy (non-hydrogen) atoms. The Morgan fingerprint density at radius 3 is 3.05 bits per heavy atom. The van der Waals surface area contributed by atoms with Gasteiger partial charge in [0, 0.05) is 45.7 Å². The third kappa shape index (κ3) is 5.74. The highest BCUT2D eigenvalue weighted by Gasteiger charge is 2.17. The second kappa shape index (κ2) is 8.32. The molecule has 1 heterocycles. The summed E-state index contributed by atoms with van der Waals surface area (Å²) < 4.78 is 0. The SMILES string of the molecule is CC(C)Sc1ccc(Cl)cc1NC(=O)CC1CSCCN1. The van der Waals surface area contributed by atoms with Crippen molar-refractivity contribution in [3.05, 3.63) is 23.2 Å². The molecule has 1 aromatic rings. The predicted molar refractivity (Wildman–Crippen MR) is 94.8 cm³/mol. The van der Waals surface area contributed by atoms with Crippen molar-refractivity contribution in [1.82, 2.24) is 5.32 Å². The third-order valence-electron chi connectivity index (χ3n) is 3.01. The van der Waals surface area contributed by atoms with Crippen LogP contribution in [0.5, 0.6) is 0 Å². The van der Waals surface area contributed by atoms with Crippen LogP contribution >= 0.6 is 35.1 Å². The minimum absolute atomic E-state index is 0.0443. The second-order valence-electron chi connectivity index (χ2n) is 5.29. The van der Waals surface area contributed by atoms with Gasteiger partial charge in [-0.15, -0.1) is 11.8 Å². The maximum atomic E-state index is 12.2. The van der Waals surface area contributed by atoms with E-state index in [0.29, 0.717) is 16.7 Å². The smallest absolute Gasteiger partial charge is 0.226 e. The Kier molecular flexibility index (Phi) is 6.74. The van der Waals surface area contributed by atoms with Crippen LogP contribution in [0.3, 0.4) is 0 Å². The highest BCUT2D eigenvalue weighted by Crippen LogP contribution is 2.32. The molecule has 0 bridgehead atoms. The van der Waals surface area contributed by atoms with Crippen molar-refractivity contribution in [3.8, 4) is 0 Å². The van der Waals surface area contributed by atoms with Crippen LogP contribution < -0.4 is 10.6 Å². The van der Waals surface area contributed by atoms with Crippen molar-refractivity contribution in [1.29, 1.82) is 0 Å². The lowest BCUT2D eigenvalue weighted by molar-refractivity contribution is -0.116. The zero-order valence-electron chi connectivity index (χ0n) is 12.3. The van der Waals surface area contributed by atoms with E-state index >= 15 is 0 Å². The molecule has 2 rings (SSSR count). The largest absolute Gasteiger partial charge is 0.325 e. The molecule has 1 amide bonds. The van der Waals surface area contributed by atoms with Crippen molar-refractivity contribution < 1.29 is 4.79 Å². The summed E-state index contributed by atoms with van der Waals surface area (Å²) in [6.45, 7) is 5.25. The third-order valence-corrected chi connectivity index (χ3v) is 5.46. The standard InChI is InChI=1S/C15H21ClN2OS2/c1-10(2)21-14-4-3-11(16)7-13(14)18-15(19)8-12-9-20-6-5-17-12/h3-4,7,10,12,17H,5-6,8-9H2,1-2H3,(H,18,19). The first-order valence-corrected chi connectivity index (χ1v) is 9.53. The fourth-order valence-corrected chi connectivity index (χ4v) is 4.15. The highest BCUT2D eigenvalue weighted by atomic mass is 35.5. The Labute approximate surface area is 140 Å². The summed E-state index contributed by atoms with van der Waals surface area (Å²) in [6.07, 6.45) is 0.505. The van der Waals surface area contributed by atoms with E-state index in [2.05, 4.69) is 24.5 Å². The van der Waals surface area contributed by atoms with Gasteiger partial charge in [0.2, 0.25) is 5.91 Å². The van der Waals surface area contributed by atoms with E-state index < -0.39 is 0 Å². The van der Waals surface area contributed by atoms with Crippen LogP contribution in [0.4, 0.5) is 5.69 Å². The molecule has 1 aliphatic rings. The number of hydrogen-bond donors (Lipinski definition) is 2. The maximum absolute atomic E-state index is 12.2. The van der Waals surface area contributed by atoms with Crippen LogP contribution in [0.25, 0.3) is 0 Å². The first-order chi connectivity index (χ1) is 10.0. The van der Waals surface area contributed by atoms with E-state index in [9.17, 15) is 4.79 Å². The number of carbonyl (C=O) groups excluding carboxylic acids is 1. The number of thioether (sulfide) groups is 2. The Bertz CT molecular complexity index is 491. The number of anilines is 1. The van der Waals surface area contributed by atoms with Gasteiger partial charge in [0.1, 0.15) is 0 Å². The Balaban J connectivity index is 1.99. The molecule has 6 heteroatoms. The minimum Gasteiger partial charge on any atom is -0.325 e. The number of hydrogen-bond acceptors (Lipinski definition) is 4. The van der Waals surface area contributed by atoms with Gasteiger partial charge in [0.25, 0.3) is 0 Å². The van der Waals surface area contributed by atoms with Crippen molar-refractivity contribution >= 4 is 46.7 Å². The molecule has 0 aromatic heterocycles. The zero-order valence-corrected chi connectivity index (χ0v) is 14.7. The fraction of sp³-hybridized carbons (Fsp3) is 0.533. The van der Waals surface area contributed by atoms with Crippen LogP contribution in [-0.4, -0.2) is 35.2 Å². The number of benzene rings is 1. The van der Waals surface area contributed by atoms with Gasteiger partial charge in [0.15, 0.2) is 0 Å². The zero-order chi connectivity index (χ0) is 15.2. The molecule has 3 nitrogen and oxygen atoms in total. The van der Waals surface area contributed by atoms with Crippen LogP contribution in [0, 0.1) is 0 Å². The van der Waals surface area contributed by atoms with Gasteiger partial charge in [0.05, 0.1) is 5.69 Å². The van der Waals surface area contributed by atoms with Gasteiger partial charge in [-0.1, -0.05) is 25.4 Å². The molecular weight excluding hydrogens is 324 g/mol. The average Bonchev–Trinajstić information content (AvgIpc) is 2.42. The molecule has 1 unspecified atom stereocenters.